The summed E-state index contributed by atoms with van der Waals surface area (Å²) in [5, 5.41) is 3.55. The molecular weight excluding hydrogens is 361 g/mol. The Morgan fingerprint density at radius 2 is 1.95 bits per heavy atom. The molecule has 2 aromatic carbocycles. The Kier molecular flexibility index (Phi) is 4.27. The second kappa shape index (κ2) is 6.14. The van der Waals surface area contributed by atoms with E-state index in [0.717, 1.165) is 24.1 Å². The highest BCUT2D eigenvalue weighted by atomic mass is 127. The molecule has 1 saturated carbocycles. The topological polar surface area (TPSA) is 21.3 Å². The summed E-state index contributed by atoms with van der Waals surface area (Å²) >= 11 is 2.29. The third-order valence-corrected chi connectivity index (χ3v) is 4.18. The van der Waals surface area contributed by atoms with Crippen LogP contribution in [0.3, 0.4) is 0 Å². The average molecular weight is 379 g/mol. The minimum atomic E-state index is 0.747. The first-order valence-electron chi connectivity index (χ1n) is 6.97. The monoisotopic (exact) mass is 379 g/mol. The van der Waals surface area contributed by atoms with E-state index < -0.39 is 0 Å². The molecule has 0 bridgehead atoms. The van der Waals surface area contributed by atoms with Crippen molar-refractivity contribution < 1.29 is 4.74 Å². The van der Waals surface area contributed by atoms with E-state index in [4.69, 9.17) is 4.74 Å². The molecule has 1 N–H and O–H groups in total. The van der Waals surface area contributed by atoms with Gasteiger partial charge in [-0.05, 0) is 83.8 Å². The number of halogens is 1. The number of hydrogen-bond donors (Lipinski definition) is 1. The van der Waals surface area contributed by atoms with Gasteiger partial charge < -0.3 is 10.1 Å². The summed E-state index contributed by atoms with van der Waals surface area (Å²) in [6.45, 7) is 3.10. The maximum Gasteiger partial charge on any atom is 0.128 e. The summed E-state index contributed by atoms with van der Waals surface area (Å²) in [6.07, 6.45) is 2.65. The fourth-order valence-electron chi connectivity index (χ4n) is 2.14. The van der Waals surface area contributed by atoms with Crippen LogP contribution in [-0.2, 0) is 6.54 Å². The van der Waals surface area contributed by atoms with Crippen LogP contribution < -0.4 is 10.1 Å². The minimum absolute atomic E-state index is 0.747. The summed E-state index contributed by atoms with van der Waals surface area (Å²) in [7, 11) is 0. The normalized spacial score (nSPS) is 14.3. The van der Waals surface area contributed by atoms with Crippen LogP contribution in [0.25, 0.3) is 0 Å². The van der Waals surface area contributed by atoms with E-state index in [1.165, 1.54) is 27.5 Å². The predicted molar refractivity (Wildman–Crippen MR) is 90.3 cm³/mol. The van der Waals surface area contributed by atoms with Gasteiger partial charge in [0.2, 0.25) is 0 Å². The smallest absolute Gasteiger partial charge is 0.128 e. The van der Waals surface area contributed by atoms with Crippen molar-refractivity contribution in [3.8, 4) is 11.5 Å². The molecule has 0 amide bonds. The van der Waals surface area contributed by atoms with Crippen molar-refractivity contribution in [1.82, 2.24) is 5.32 Å². The van der Waals surface area contributed by atoms with Gasteiger partial charge in [0.25, 0.3) is 0 Å². The zero-order chi connectivity index (χ0) is 13.9. The zero-order valence-electron chi connectivity index (χ0n) is 11.5. The van der Waals surface area contributed by atoms with E-state index in [1.54, 1.807) is 0 Å². The standard InChI is InChI=1S/C17H18INO/c1-12-9-17(20-16-4-2-3-14(18)10-16)8-5-13(12)11-19-15-6-7-15/h2-5,8-10,15,19H,6-7,11H2,1H3. The van der Waals surface area contributed by atoms with Gasteiger partial charge in [0.15, 0.2) is 0 Å². The number of hydrogen-bond acceptors (Lipinski definition) is 2. The molecule has 3 rings (SSSR count). The first-order chi connectivity index (χ1) is 9.70. The van der Waals surface area contributed by atoms with E-state index in [1.807, 2.05) is 18.2 Å². The SMILES string of the molecule is Cc1cc(Oc2cccc(I)c2)ccc1CNC1CC1. The molecule has 3 heteroatoms. The maximum absolute atomic E-state index is 5.91. The largest absolute Gasteiger partial charge is 0.457 e. The summed E-state index contributed by atoms with van der Waals surface area (Å²) in [6, 6.07) is 15.2. The van der Waals surface area contributed by atoms with Gasteiger partial charge in [-0.2, -0.15) is 0 Å². The van der Waals surface area contributed by atoms with E-state index in [9.17, 15) is 0 Å². The molecule has 0 spiro atoms. The third-order valence-electron chi connectivity index (χ3n) is 3.50. The first kappa shape index (κ1) is 13.9. The lowest BCUT2D eigenvalue weighted by molar-refractivity contribution is 0.481. The van der Waals surface area contributed by atoms with Crippen molar-refractivity contribution in [3.05, 3.63) is 57.2 Å². The van der Waals surface area contributed by atoms with Crippen molar-refractivity contribution in [2.24, 2.45) is 0 Å². The highest BCUT2D eigenvalue weighted by Gasteiger charge is 2.20. The van der Waals surface area contributed by atoms with Crippen LogP contribution in [0.4, 0.5) is 0 Å². The molecule has 2 nitrogen and oxygen atoms in total. The molecule has 0 saturated heterocycles. The Balaban J connectivity index is 1.69. The zero-order valence-corrected chi connectivity index (χ0v) is 13.7. The lowest BCUT2D eigenvalue weighted by atomic mass is 10.1. The van der Waals surface area contributed by atoms with Gasteiger partial charge >= 0.3 is 0 Å². The van der Waals surface area contributed by atoms with Gasteiger partial charge in [-0.15, -0.1) is 0 Å². The number of benzene rings is 2. The van der Waals surface area contributed by atoms with E-state index >= 15 is 0 Å². The number of rotatable bonds is 5. The number of aryl methyl sites for hydroxylation is 1. The first-order valence-corrected chi connectivity index (χ1v) is 8.05. The number of ether oxygens (including phenoxy) is 1. The van der Waals surface area contributed by atoms with Crippen LogP contribution in [0.2, 0.25) is 0 Å². The molecule has 1 fully saturated rings. The van der Waals surface area contributed by atoms with E-state index in [2.05, 4.69) is 59.1 Å². The Morgan fingerprint density at radius 3 is 2.65 bits per heavy atom. The van der Waals surface area contributed by atoms with Crippen LogP contribution in [0.15, 0.2) is 42.5 Å². The van der Waals surface area contributed by atoms with Gasteiger partial charge in [-0.3, -0.25) is 0 Å². The molecule has 2 aromatic rings. The fourth-order valence-corrected chi connectivity index (χ4v) is 2.65. The van der Waals surface area contributed by atoms with Crippen molar-refractivity contribution in [1.29, 1.82) is 0 Å². The molecule has 0 atom stereocenters. The molecule has 0 aromatic heterocycles. The van der Waals surface area contributed by atoms with Gasteiger partial charge in [0, 0.05) is 16.2 Å². The van der Waals surface area contributed by atoms with Crippen molar-refractivity contribution in [2.45, 2.75) is 32.4 Å². The Labute approximate surface area is 133 Å². The molecule has 0 aliphatic heterocycles. The van der Waals surface area contributed by atoms with Gasteiger partial charge in [0.05, 0.1) is 0 Å². The summed E-state index contributed by atoms with van der Waals surface area (Å²) in [5.74, 6) is 1.79. The molecule has 1 aliphatic rings. The molecular formula is C17H18INO. The van der Waals surface area contributed by atoms with Gasteiger partial charge in [0.1, 0.15) is 11.5 Å². The van der Waals surface area contributed by atoms with Crippen LogP contribution in [0.5, 0.6) is 11.5 Å². The molecule has 20 heavy (non-hydrogen) atoms. The summed E-state index contributed by atoms with van der Waals surface area (Å²) in [5.41, 5.74) is 2.63. The van der Waals surface area contributed by atoms with E-state index in [-0.39, 0.29) is 0 Å². The lowest BCUT2D eigenvalue weighted by Crippen LogP contribution is -2.15. The van der Waals surface area contributed by atoms with Crippen LogP contribution in [0.1, 0.15) is 24.0 Å². The minimum Gasteiger partial charge on any atom is -0.457 e. The highest BCUT2D eigenvalue weighted by molar-refractivity contribution is 14.1. The van der Waals surface area contributed by atoms with Gasteiger partial charge in [-0.1, -0.05) is 12.1 Å². The molecule has 0 unspecified atom stereocenters. The van der Waals surface area contributed by atoms with Gasteiger partial charge in [-0.25, -0.2) is 0 Å². The summed E-state index contributed by atoms with van der Waals surface area (Å²) < 4.78 is 7.09. The van der Waals surface area contributed by atoms with Crippen molar-refractivity contribution >= 4 is 22.6 Å². The van der Waals surface area contributed by atoms with Crippen LogP contribution in [-0.4, -0.2) is 6.04 Å². The maximum atomic E-state index is 5.91. The Morgan fingerprint density at radius 1 is 1.15 bits per heavy atom. The van der Waals surface area contributed by atoms with Crippen molar-refractivity contribution in [3.63, 3.8) is 0 Å². The third kappa shape index (κ3) is 3.73. The lowest BCUT2D eigenvalue weighted by Gasteiger charge is -2.11. The quantitative estimate of drug-likeness (QED) is 0.764. The highest BCUT2D eigenvalue weighted by Crippen LogP contribution is 2.26. The average Bonchev–Trinajstić information content (AvgIpc) is 3.22. The summed E-state index contributed by atoms with van der Waals surface area (Å²) in [4.78, 5) is 0. The molecule has 1 aliphatic carbocycles. The van der Waals surface area contributed by atoms with E-state index in [0.29, 0.717) is 0 Å². The predicted octanol–water partition coefficient (Wildman–Crippen LogP) is 4.64. The van der Waals surface area contributed by atoms with Crippen LogP contribution in [0, 0.1) is 10.5 Å². The van der Waals surface area contributed by atoms with Crippen molar-refractivity contribution in [2.75, 3.05) is 0 Å². The number of nitrogens with one attached hydrogen (secondary N) is 1. The molecule has 0 heterocycles. The molecule has 104 valence electrons. The Hall–Kier alpha value is -1.07. The Bertz CT molecular complexity index is 608. The van der Waals surface area contributed by atoms with Crippen LogP contribution >= 0.6 is 22.6 Å². The fraction of sp³-hybridized carbons (Fsp3) is 0.294. The second-order valence-corrected chi connectivity index (χ2v) is 6.55. The molecule has 0 radical (unpaired) electrons. The second-order valence-electron chi connectivity index (χ2n) is 5.30.